The van der Waals surface area contributed by atoms with Crippen molar-refractivity contribution < 1.29 is 4.79 Å². The topological polar surface area (TPSA) is 29.1 Å². The molecule has 0 aliphatic carbocycles. The fourth-order valence-corrected chi connectivity index (χ4v) is 1.33. The number of carbonyl (C=O) groups is 1. The first-order valence-corrected chi connectivity index (χ1v) is 4.64. The van der Waals surface area contributed by atoms with Crippen molar-refractivity contribution in [3.8, 4) is 0 Å². The van der Waals surface area contributed by atoms with Crippen molar-refractivity contribution in [1.82, 2.24) is 5.32 Å². The van der Waals surface area contributed by atoms with Crippen molar-refractivity contribution in [3.05, 3.63) is 34.2 Å². The SMILES string of the molecule is C/C=c1/cccc(C)/c1=C/NC(C)=O. The summed E-state index contributed by atoms with van der Waals surface area (Å²) in [5, 5.41) is 4.91. The highest BCUT2D eigenvalue weighted by Crippen LogP contribution is 1.83. The van der Waals surface area contributed by atoms with Crippen molar-refractivity contribution in [2.45, 2.75) is 20.8 Å². The number of carbonyl (C=O) groups excluding carboxylic acids is 1. The normalized spacial score (nSPS) is 13.1. The number of hydrogen-bond donors (Lipinski definition) is 1. The van der Waals surface area contributed by atoms with E-state index in [0.717, 1.165) is 16.0 Å². The second kappa shape index (κ2) is 4.61. The summed E-state index contributed by atoms with van der Waals surface area (Å²) in [4.78, 5) is 10.8. The van der Waals surface area contributed by atoms with Crippen LogP contribution in [0.5, 0.6) is 0 Å². The Kier molecular flexibility index (Phi) is 3.46. The summed E-state index contributed by atoms with van der Waals surface area (Å²) >= 11 is 0. The molecule has 0 bridgehead atoms. The molecule has 74 valence electrons. The predicted molar refractivity (Wildman–Crippen MR) is 58.8 cm³/mol. The van der Waals surface area contributed by atoms with Gasteiger partial charge in [-0.1, -0.05) is 24.3 Å². The van der Waals surface area contributed by atoms with Crippen LogP contribution in [0.2, 0.25) is 0 Å². The second-order valence-corrected chi connectivity index (χ2v) is 3.21. The van der Waals surface area contributed by atoms with Crippen LogP contribution >= 0.6 is 0 Å². The average molecular weight is 189 g/mol. The molecule has 1 rings (SSSR count). The predicted octanol–water partition coefficient (Wildman–Crippen LogP) is 0.670. The number of aryl methyl sites for hydroxylation is 1. The van der Waals surface area contributed by atoms with Gasteiger partial charge in [-0.05, 0) is 24.6 Å². The Morgan fingerprint density at radius 2 is 2.14 bits per heavy atom. The van der Waals surface area contributed by atoms with Gasteiger partial charge < -0.3 is 5.32 Å². The molecule has 0 spiro atoms. The third-order valence-corrected chi connectivity index (χ3v) is 2.09. The fraction of sp³-hybridized carbons (Fsp3) is 0.250. The zero-order valence-corrected chi connectivity index (χ0v) is 8.79. The molecule has 1 aromatic carbocycles. The molecule has 14 heavy (non-hydrogen) atoms. The minimum absolute atomic E-state index is 0.0460. The first kappa shape index (κ1) is 10.5. The van der Waals surface area contributed by atoms with Crippen molar-refractivity contribution in [2.75, 3.05) is 0 Å². The van der Waals surface area contributed by atoms with Crippen LogP contribution in [0, 0.1) is 6.92 Å². The third-order valence-electron chi connectivity index (χ3n) is 2.09. The van der Waals surface area contributed by atoms with Gasteiger partial charge in [0, 0.05) is 18.3 Å². The molecule has 0 saturated heterocycles. The molecule has 2 heteroatoms. The zero-order valence-electron chi connectivity index (χ0n) is 8.79. The minimum atomic E-state index is -0.0460. The summed E-state index contributed by atoms with van der Waals surface area (Å²) in [6.07, 6.45) is 3.79. The Morgan fingerprint density at radius 1 is 1.43 bits per heavy atom. The molecule has 0 radical (unpaired) electrons. The van der Waals surface area contributed by atoms with E-state index >= 15 is 0 Å². The van der Waals surface area contributed by atoms with Crippen LogP contribution < -0.4 is 15.8 Å². The number of rotatable bonds is 1. The molecule has 0 aliphatic rings. The van der Waals surface area contributed by atoms with E-state index in [1.54, 1.807) is 6.20 Å². The molecule has 2 nitrogen and oxygen atoms in total. The highest BCUT2D eigenvalue weighted by molar-refractivity contribution is 5.77. The molecule has 0 atom stereocenters. The van der Waals surface area contributed by atoms with Crippen LogP contribution in [0.15, 0.2) is 18.2 Å². The summed E-state index contributed by atoms with van der Waals surface area (Å²) < 4.78 is 0. The van der Waals surface area contributed by atoms with E-state index in [0.29, 0.717) is 0 Å². The zero-order chi connectivity index (χ0) is 10.6. The molecular weight excluding hydrogens is 174 g/mol. The summed E-state index contributed by atoms with van der Waals surface area (Å²) in [6, 6.07) is 6.07. The van der Waals surface area contributed by atoms with E-state index in [1.807, 2.05) is 38.1 Å². The molecule has 0 heterocycles. The van der Waals surface area contributed by atoms with Gasteiger partial charge in [0.05, 0.1) is 0 Å². The summed E-state index contributed by atoms with van der Waals surface area (Å²) in [6.45, 7) is 5.52. The smallest absolute Gasteiger partial charge is 0.220 e. The van der Waals surface area contributed by atoms with Gasteiger partial charge in [-0.2, -0.15) is 0 Å². The lowest BCUT2D eigenvalue weighted by Gasteiger charge is -1.97. The van der Waals surface area contributed by atoms with E-state index < -0.39 is 0 Å². The van der Waals surface area contributed by atoms with Gasteiger partial charge in [0.15, 0.2) is 0 Å². The molecule has 0 fully saturated rings. The highest BCUT2D eigenvalue weighted by Gasteiger charge is 1.90. The molecular formula is C12H15NO. The Labute approximate surface area is 84.0 Å². The van der Waals surface area contributed by atoms with Crippen molar-refractivity contribution >= 4 is 18.2 Å². The van der Waals surface area contributed by atoms with Gasteiger partial charge >= 0.3 is 0 Å². The lowest BCUT2D eigenvalue weighted by atomic mass is 10.1. The Hall–Kier alpha value is -1.57. The second-order valence-electron chi connectivity index (χ2n) is 3.21. The Bertz CT molecular complexity index is 446. The maximum absolute atomic E-state index is 10.8. The largest absolute Gasteiger partial charge is 0.332 e. The van der Waals surface area contributed by atoms with Crippen LogP contribution in [-0.4, -0.2) is 5.91 Å². The standard InChI is InChI=1S/C12H15NO/c1-4-11-7-5-6-9(2)12(11)8-13-10(3)14/h4-8H,1-3H3,(H,13,14)/b11-4-,12-8-. The van der Waals surface area contributed by atoms with Crippen LogP contribution in [0.1, 0.15) is 19.4 Å². The van der Waals surface area contributed by atoms with Crippen molar-refractivity contribution in [2.24, 2.45) is 0 Å². The van der Waals surface area contributed by atoms with E-state index in [-0.39, 0.29) is 5.91 Å². The molecule has 1 amide bonds. The first-order valence-electron chi connectivity index (χ1n) is 4.64. The van der Waals surface area contributed by atoms with Gasteiger partial charge in [0.2, 0.25) is 5.91 Å². The molecule has 1 N–H and O–H groups in total. The summed E-state index contributed by atoms with van der Waals surface area (Å²) in [5.74, 6) is -0.0460. The highest BCUT2D eigenvalue weighted by atomic mass is 16.1. The maximum Gasteiger partial charge on any atom is 0.220 e. The average Bonchev–Trinajstić information content (AvgIpc) is 2.15. The van der Waals surface area contributed by atoms with E-state index in [4.69, 9.17) is 0 Å². The van der Waals surface area contributed by atoms with Gasteiger partial charge in [0.25, 0.3) is 0 Å². The van der Waals surface area contributed by atoms with E-state index in [1.165, 1.54) is 6.92 Å². The van der Waals surface area contributed by atoms with Crippen LogP contribution in [0.25, 0.3) is 12.3 Å². The number of benzene rings is 1. The van der Waals surface area contributed by atoms with Gasteiger partial charge in [0.1, 0.15) is 0 Å². The molecule has 0 aliphatic heterocycles. The third kappa shape index (κ3) is 2.46. The molecule has 0 unspecified atom stereocenters. The lowest BCUT2D eigenvalue weighted by Crippen LogP contribution is -2.30. The molecule has 0 aromatic heterocycles. The van der Waals surface area contributed by atoms with Crippen molar-refractivity contribution in [3.63, 3.8) is 0 Å². The van der Waals surface area contributed by atoms with Gasteiger partial charge in [-0.25, -0.2) is 0 Å². The fourth-order valence-electron chi connectivity index (χ4n) is 1.33. The molecule has 1 aromatic rings. The number of nitrogens with one attached hydrogen (secondary N) is 1. The van der Waals surface area contributed by atoms with Crippen LogP contribution in [0.4, 0.5) is 0 Å². The number of amides is 1. The summed E-state index contributed by atoms with van der Waals surface area (Å²) in [7, 11) is 0. The maximum atomic E-state index is 10.8. The van der Waals surface area contributed by atoms with Crippen LogP contribution in [-0.2, 0) is 4.79 Å². The molecule has 0 saturated carbocycles. The van der Waals surface area contributed by atoms with Crippen LogP contribution in [0.3, 0.4) is 0 Å². The Balaban J connectivity index is 3.31. The summed E-state index contributed by atoms with van der Waals surface area (Å²) in [5.41, 5.74) is 1.16. The first-order chi connectivity index (χ1) is 6.65. The van der Waals surface area contributed by atoms with Gasteiger partial charge in [-0.3, -0.25) is 4.79 Å². The van der Waals surface area contributed by atoms with E-state index in [9.17, 15) is 4.79 Å². The number of hydrogen-bond acceptors (Lipinski definition) is 1. The Morgan fingerprint density at radius 3 is 2.71 bits per heavy atom. The van der Waals surface area contributed by atoms with Gasteiger partial charge in [-0.15, -0.1) is 0 Å². The minimum Gasteiger partial charge on any atom is -0.332 e. The quantitative estimate of drug-likeness (QED) is 0.691. The monoisotopic (exact) mass is 189 g/mol. The van der Waals surface area contributed by atoms with Crippen molar-refractivity contribution in [1.29, 1.82) is 0 Å². The van der Waals surface area contributed by atoms with E-state index in [2.05, 4.69) is 5.32 Å². The lowest BCUT2D eigenvalue weighted by molar-refractivity contribution is -0.117.